The normalized spacial score (nSPS) is 21.7. The van der Waals surface area contributed by atoms with E-state index in [1.165, 1.54) is 0 Å². The highest BCUT2D eigenvalue weighted by atomic mass is 16.5. The highest BCUT2D eigenvalue weighted by Crippen LogP contribution is 2.28. The Morgan fingerprint density at radius 3 is 2.89 bits per heavy atom. The first-order chi connectivity index (χ1) is 9.00. The minimum Gasteiger partial charge on any atom is -0.450 e. The van der Waals surface area contributed by atoms with E-state index >= 15 is 0 Å². The molecule has 0 saturated heterocycles. The molecular weight excluding hydrogens is 242 g/mol. The van der Waals surface area contributed by atoms with E-state index < -0.39 is 6.09 Å². The number of nitrogens with one attached hydrogen (secondary N) is 2. The van der Waals surface area contributed by atoms with Crippen LogP contribution in [-0.4, -0.2) is 31.5 Å². The van der Waals surface area contributed by atoms with Crippen molar-refractivity contribution in [2.24, 2.45) is 11.1 Å². The third-order valence-corrected chi connectivity index (χ3v) is 3.12. The molecule has 0 aliphatic heterocycles. The number of amides is 1. The van der Waals surface area contributed by atoms with Gasteiger partial charge < -0.3 is 21.2 Å². The molecule has 1 rings (SSSR count). The molecule has 0 fully saturated rings. The molecule has 0 aromatic rings. The summed E-state index contributed by atoms with van der Waals surface area (Å²) in [6.07, 6.45) is 7.06. The third-order valence-electron chi connectivity index (χ3n) is 3.12. The maximum Gasteiger partial charge on any atom is 0.407 e. The van der Waals surface area contributed by atoms with Crippen molar-refractivity contribution in [3.05, 3.63) is 23.8 Å². The Hall–Kier alpha value is -1.62. The summed E-state index contributed by atoms with van der Waals surface area (Å²) >= 11 is 0. The van der Waals surface area contributed by atoms with Crippen molar-refractivity contribution < 1.29 is 9.53 Å². The predicted molar refractivity (Wildman–Crippen MR) is 76.4 cm³/mol. The fraction of sp³-hybridized carbons (Fsp3) is 0.571. The summed E-state index contributed by atoms with van der Waals surface area (Å²) in [6.45, 7) is 5.18. The molecule has 0 heterocycles. The lowest BCUT2D eigenvalue weighted by Crippen LogP contribution is -2.31. The molecule has 1 amide bonds. The van der Waals surface area contributed by atoms with Crippen LogP contribution in [0.5, 0.6) is 0 Å². The Bertz CT molecular complexity index is 401. The Balaban J connectivity index is 2.40. The number of ether oxygens (including phenoxy) is 1. The topological polar surface area (TPSA) is 88.2 Å². The molecule has 0 spiro atoms. The molecule has 5 heteroatoms. The van der Waals surface area contributed by atoms with E-state index in [1.807, 2.05) is 25.2 Å². The average Bonchev–Trinajstić information content (AvgIpc) is 2.43. The van der Waals surface area contributed by atoms with Gasteiger partial charge in [0, 0.05) is 12.0 Å². The van der Waals surface area contributed by atoms with Gasteiger partial charge in [-0.1, -0.05) is 32.1 Å². The van der Waals surface area contributed by atoms with E-state index in [1.54, 1.807) is 0 Å². The predicted octanol–water partition coefficient (Wildman–Crippen LogP) is 1.99. The lowest BCUT2D eigenvalue weighted by molar-refractivity contribution is 0.147. The quantitative estimate of drug-likeness (QED) is 0.642. The number of hydrogen-bond acceptors (Lipinski definition) is 4. The van der Waals surface area contributed by atoms with Crippen molar-refractivity contribution in [2.75, 3.05) is 19.7 Å². The molecule has 0 bridgehead atoms. The number of allylic oxidation sites excluding steroid dienone is 2. The number of alkyl carbamates (subject to hydrolysis) is 1. The van der Waals surface area contributed by atoms with Gasteiger partial charge in [-0.2, -0.15) is 0 Å². The molecule has 0 aromatic carbocycles. The van der Waals surface area contributed by atoms with Crippen LogP contribution in [-0.2, 0) is 4.74 Å². The van der Waals surface area contributed by atoms with Gasteiger partial charge in [-0.15, -0.1) is 0 Å². The number of rotatable bonds is 6. The van der Waals surface area contributed by atoms with Crippen LogP contribution in [0.1, 0.15) is 26.7 Å². The molecule has 19 heavy (non-hydrogen) atoms. The first-order valence-corrected chi connectivity index (χ1v) is 6.58. The summed E-state index contributed by atoms with van der Waals surface area (Å²) in [5.74, 6) is 0. The van der Waals surface area contributed by atoms with Crippen LogP contribution in [0.3, 0.4) is 0 Å². The zero-order chi connectivity index (χ0) is 14.3. The standard InChI is InChI=1S/C14H23N3O2/c1-3-8-19-13(18)17-9-12(16)11-4-6-14(2,10-15)7-5-11/h4-6,16H,3,7-10,15H2,1-2H3,(H,17,18). The number of nitrogens with two attached hydrogens (primary N) is 1. The van der Waals surface area contributed by atoms with Crippen LogP contribution in [0.2, 0.25) is 0 Å². The smallest absolute Gasteiger partial charge is 0.407 e. The molecule has 1 unspecified atom stereocenters. The van der Waals surface area contributed by atoms with Crippen LogP contribution < -0.4 is 11.1 Å². The molecule has 0 saturated carbocycles. The summed E-state index contributed by atoms with van der Waals surface area (Å²) < 4.78 is 4.88. The molecular formula is C14H23N3O2. The maximum absolute atomic E-state index is 11.3. The summed E-state index contributed by atoms with van der Waals surface area (Å²) in [4.78, 5) is 11.3. The van der Waals surface area contributed by atoms with Crippen molar-refractivity contribution in [3.8, 4) is 0 Å². The molecule has 0 aromatic heterocycles. The van der Waals surface area contributed by atoms with E-state index in [2.05, 4.69) is 12.2 Å². The molecule has 1 aliphatic carbocycles. The van der Waals surface area contributed by atoms with Gasteiger partial charge in [-0.25, -0.2) is 4.79 Å². The fourth-order valence-corrected chi connectivity index (χ4v) is 1.65. The monoisotopic (exact) mass is 265 g/mol. The van der Waals surface area contributed by atoms with E-state index in [9.17, 15) is 4.79 Å². The largest absolute Gasteiger partial charge is 0.450 e. The van der Waals surface area contributed by atoms with Gasteiger partial charge in [0.1, 0.15) is 0 Å². The Kier molecular flexibility index (Phi) is 5.76. The zero-order valence-electron chi connectivity index (χ0n) is 11.7. The summed E-state index contributed by atoms with van der Waals surface area (Å²) in [5, 5.41) is 10.5. The first kappa shape index (κ1) is 15.4. The molecule has 0 radical (unpaired) electrons. The van der Waals surface area contributed by atoms with Gasteiger partial charge in [-0.05, 0) is 18.4 Å². The lowest BCUT2D eigenvalue weighted by atomic mass is 9.81. The van der Waals surface area contributed by atoms with Gasteiger partial charge in [0.05, 0.1) is 18.9 Å². The van der Waals surface area contributed by atoms with Gasteiger partial charge in [0.2, 0.25) is 0 Å². The minimum absolute atomic E-state index is 0.0166. The van der Waals surface area contributed by atoms with Gasteiger partial charge >= 0.3 is 6.09 Å². The SMILES string of the molecule is CCCOC(=O)NCC(=N)C1=CCC(C)(CN)C=C1. The van der Waals surface area contributed by atoms with Gasteiger partial charge in [0.25, 0.3) is 0 Å². The third kappa shape index (κ3) is 4.87. The number of hydrogen-bond donors (Lipinski definition) is 3. The van der Waals surface area contributed by atoms with Crippen molar-refractivity contribution in [1.82, 2.24) is 5.32 Å². The van der Waals surface area contributed by atoms with Crippen molar-refractivity contribution in [1.29, 1.82) is 5.41 Å². The highest BCUT2D eigenvalue weighted by molar-refractivity contribution is 6.02. The van der Waals surface area contributed by atoms with Gasteiger partial charge in [-0.3, -0.25) is 0 Å². The van der Waals surface area contributed by atoms with Gasteiger partial charge in [0.15, 0.2) is 0 Å². The van der Waals surface area contributed by atoms with Crippen molar-refractivity contribution >= 4 is 11.8 Å². The van der Waals surface area contributed by atoms with Crippen LogP contribution in [0, 0.1) is 10.8 Å². The molecule has 4 N–H and O–H groups in total. The molecule has 5 nitrogen and oxygen atoms in total. The van der Waals surface area contributed by atoms with E-state index in [0.717, 1.165) is 18.4 Å². The van der Waals surface area contributed by atoms with Crippen LogP contribution in [0.15, 0.2) is 23.8 Å². The molecule has 1 aliphatic rings. The Morgan fingerprint density at radius 2 is 2.37 bits per heavy atom. The number of carbonyl (C=O) groups excluding carboxylic acids is 1. The second-order valence-corrected chi connectivity index (χ2v) is 5.02. The van der Waals surface area contributed by atoms with Crippen LogP contribution >= 0.6 is 0 Å². The highest BCUT2D eigenvalue weighted by Gasteiger charge is 2.21. The molecule has 106 valence electrons. The Labute approximate surface area is 114 Å². The van der Waals surface area contributed by atoms with E-state index in [-0.39, 0.29) is 12.0 Å². The summed E-state index contributed by atoms with van der Waals surface area (Å²) in [6, 6.07) is 0. The lowest BCUT2D eigenvalue weighted by Gasteiger charge is -2.26. The zero-order valence-corrected chi connectivity index (χ0v) is 11.7. The molecule has 1 atom stereocenters. The summed E-state index contributed by atoms with van der Waals surface area (Å²) in [5.41, 5.74) is 6.89. The van der Waals surface area contributed by atoms with Crippen molar-refractivity contribution in [2.45, 2.75) is 26.7 Å². The summed E-state index contributed by atoms with van der Waals surface area (Å²) in [7, 11) is 0. The minimum atomic E-state index is -0.473. The first-order valence-electron chi connectivity index (χ1n) is 6.58. The van der Waals surface area contributed by atoms with Crippen molar-refractivity contribution in [3.63, 3.8) is 0 Å². The number of carbonyl (C=O) groups is 1. The maximum atomic E-state index is 11.3. The second-order valence-electron chi connectivity index (χ2n) is 5.02. The second kappa shape index (κ2) is 7.09. The van der Waals surface area contributed by atoms with Crippen LogP contribution in [0.25, 0.3) is 0 Å². The van der Waals surface area contributed by atoms with E-state index in [4.69, 9.17) is 15.9 Å². The Morgan fingerprint density at radius 1 is 1.63 bits per heavy atom. The fourth-order valence-electron chi connectivity index (χ4n) is 1.65. The van der Waals surface area contributed by atoms with Crippen LogP contribution in [0.4, 0.5) is 4.79 Å². The average molecular weight is 265 g/mol. The van der Waals surface area contributed by atoms with E-state index in [0.29, 0.717) is 18.9 Å².